The average Bonchev–Trinajstić information content (AvgIpc) is 2.26. The number of aryl methyl sites for hydroxylation is 1. The molecule has 0 aliphatic heterocycles. The molecule has 2 N–H and O–H groups in total. The molecule has 0 aliphatic carbocycles. The van der Waals surface area contributed by atoms with Crippen molar-refractivity contribution in [3.63, 3.8) is 0 Å². The van der Waals surface area contributed by atoms with Crippen LogP contribution in [0.1, 0.15) is 25.8 Å². The Morgan fingerprint density at radius 1 is 1.33 bits per heavy atom. The highest BCUT2D eigenvalue weighted by molar-refractivity contribution is 7.91. The summed E-state index contributed by atoms with van der Waals surface area (Å²) >= 11 is 0. The monoisotopic (exact) mass is 271 g/mol. The third kappa shape index (κ3) is 3.71. The third-order valence-corrected chi connectivity index (χ3v) is 4.81. The van der Waals surface area contributed by atoms with Crippen LogP contribution in [0.25, 0.3) is 0 Å². The molecule has 0 saturated heterocycles. The van der Waals surface area contributed by atoms with Gasteiger partial charge in [-0.05, 0) is 44.9 Å². The topological polar surface area (TPSA) is 69.4 Å². The summed E-state index contributed by atoms with van der Waals surface area (Å²) in [5, 5.41) is 0. The van der Waals surface area contributed by atoms with Gasteiger partial charge < -0.3 is 10.5 Å². The molecule has 1 aromatic rings. The van der Waals surface area contributed by atoms with Crippen molar-refractivity contribution in [1.82, 2.24) is 0 Å². The average molecular weight is 271 g/mol. The van der Waals surface area contributed by atoms with Crippen molar-refractivity contribution >= 4 is 15.5 Å². The smallest absolute Gasteiger partial charge is 0.180 e. The van der Waals surface area contributed by atoms with Gasteiger partial charge in [0.1, 0.15) is 0 Å². The van der Waals surface area contributed by atoms with Gasteiger partial charge in [-0.15, -0.1) is 0 Å². The Balaban J connectivity index is 2.94. The van der Waals surface area contributed by atoms with Gasteiger partial charge in [0.05, 0.1) is 21.9 Å². The van der Waals surface area contributed by atoms with Crippen LogP contribution in [0.5, 0.6) is 0 Å². The van der Waals surface area contributed by atoms with E-state index in [0.717, 1.165) is 5.56 Å². The van der Waals surface area contributed by atoms with Gasteiger partial charge in [0, 0.05) is 7.11 Å². The second kappa shape index (κ2) is 5.28. The quantitative estimate of drug-likeness (QED) is 0.833. The van der Waals surface area contributed by atoms with Gasteiger partial charge in [-0.3, -0.25) is 0 Å². The van der Waals surface area contributed by atoms with Crippen molar-refractivity contribution in [2.24, 2.45) is 0 Å². The lowest BCUT2D eigenvalue weighted by Gasteiger charge is -2.22. The van der Waals surface area contributed by atoms with Crippen molar-refractivity contribution in [3.05, 3.63) is 23.8 Å². The van der Waals surface area contributed by atoms with Crippen LogP contribution in [0.15, 0.2) is 23.1 Å². The van der Waals surface area contributed by atoms with Crippen molar-refractivity contribution < 1.29 is 13.2 Å². The van der Waals surface area contributed by atoms with Gasteiger partial charge in [-0.1, -0.05) is 6.07 Å². The normalized spacial score (nSPS) is 12.7. The van der Waals surface area contributed by atoms with Crippen LogP contribution < -0.4 is 5.73 Å². The van der Waals surface area contributed by atoms with Crippen molar-refractivity contribution in [2.75, 3.05) is 18.6 Å². The molecular formula is C13H21NO3S. The standard InChI is InChI=1S/C13H21NO3S/c1-10-5-6-12(11(14)9-10)18(15,16)8-7-13(2,3)17-4/h5-6,9H,7-8,14H2,1-4H3. The van der Waals surface area contributed by atoms with Crippen LogP contribution in [0.2, 0.25) is 0 Å². The van der Waals surface area contributed by atoms with Gasteiger partial charge in [0.25, 0.3) is 0 Å². The SMILES string of the molecule is COC(C)(C)CCS(=O)(=O)c1ccc(C)cc1N. The van der Waals surface area contributed by atoms with Crippen LogP contribution >= 0.6 is 0 Å². The maximum Gasteiger partial charge on any atom is 0.180 e. The molecule has 0 unspecified atom stereocenters. The number of hydrogen-bond acceptors (Lipinski definition) is 4. The van der Waals surface area contributed by atoms with Crippen molar-refractivity contribution in [1.29, 1.82) is 0 Å². The van der Waals surface area contributed by atoms with E-state index < -0.39 is 15.4 Å². The number of hydrogen-bond donors (Lipinski definition) is 1. The molecule has 0 saturated carbocycles. The minimum absolute atomic E-state index is 0.0289. The molecular weight excluding hydrogens is 250 g/mol. The lowest BCUT2D eigenvalue weighted by molar-refractivity contribution is 0.0203. The summed E-state index contributed by atoms with van der Waals surface area (Å²) in [6.45, 7) is 5.60. The Morgan fingerprint density at radius 3 is 2.44 bits per heavy atom. The molecule has 0 heterocycles. The van der Waals surface area contributed by atoms with Gasteiger partial charge in [0.15, 0.2) is 9.84 Å². The van der Waals surface area contributed by atoms with Gasteiger partial charge >= 0.3 is 0 Å². The fourth-order valence-corrected chi connectivity index (χ4v) is 3.22. The van der Waals surface area contributed by atoms with Crippen LogP contribution in [0.4, 0.5) is 5.69 Å². The Hall–Kier alpha value is -1.07. The number of nitrogen functional groups attached to an aromatic ring is 1. The van der Waals surface area contributed by atoms with Crippen LogP contribution in [-0.2, 0) is 14.6 Å². The Labute approximate surface area is 109 Å². The van der Waals surface area contributed by atoms with E-state index in [0.29, 0.717) is 12.1 Å². The summed E-state index contributed by atoms with van der Waals surface area (Å²) in [4.78, 5) is 0.208. The Kier molecular flexibility index (Phi) is 4.40. The number of anilines is 1. The van der Waals surface area contributed by atoms with Gasteiger partial charge in [-0.2, -0.15) is 0 Å². The molecule has 18 heavy (non-hydrogen) atoms. The molecule has 1 rings (SSSR count). The van der Waals surface area contributed by atoms with E-state index in [1.165, 1.54) is 0 Å². The molecule has 5 heteroatoms. The molecule has 0 fully saturated rings. The third-order valence-electron chi connectivity index (χ3n) is 3.03. The first-order valence-corrected chi connectivity index (χ1v) is 7.47. The number of sulfone groups is 1. The van der Waals surface area contributed by atoms with Crippen LogP contribution in [0, 0.1) is 6.92 Å². The molecule has 0 aromatic heterocycles. The summed E-state index contributed by atoms with van der Waals surface area (Å²) in [5.41, 5.74) is 6.58. The summed E-state index contributed by atoms with van der Waals surface area (Å²) < 4.78 is 29.6. The first-order chi connectivity index (χ1) is 8.18. The van der Waals surface area contributed by atoms with Crippen LogP contribution in [-0.4, -0.2) is 26.9 Å². The maximum atomic E-state index is 12.2. The second-order valence-electron chi connectivity index (χ2n) is 5.07. The first kappa shape index (κ1) is 15.0. The number of ether oxygens (including phenoxy) is 1. The number of benzene rings is 1. The van der Waals surface area contributed by atoms with E-state index in [4.69, 9.17) is 10.5 Å². The Bertz CT molecular complexity index is 521. The lowest BCUT2D eigenvalue weighted by Crippen LogP contribution is -2.26. The molecule has 102 valence electrons. The summed E-state index contributed by atoms with van der Waals surface area (Å²) in [6, 6.07) is 5.00. The minimum Gasteiger partial charge on any atom is -0.398 e. The maximum absolute atomic E-state index is 12.2. The molecule has 0 aliphatic rings. The zero-order valence-corrected chi connectivity index (χ0v) is 12.2. The highest BCUT2D eigenvalue weighted by atomic mass is 32.2. The summed E-state index contributed by atoms with van der Waals surface area (Å²) in [7, 11) is -1.78. The van der Waals surface area contributed by atoms with E-state index in [9.17, 15) is 8.42 Å². The Morgan fingerprint density at radius 2 is 1.94 bits per heavy atom. The molecule has 0 spiro atoms. The van der Waals surface area contributed by atoms with E-state index >= 15 is 0 Å². The van der Waals surface area contributed by atoms with E-state index in [1.807, 2.05) is 20.8 Å². The minimum atomic E-state index is -3.36. The second-order valence-corrected chi connectivity index (χ2v) is 7.15. The highest BCUT2D eigenvalue weighted by Crippen LogP contribution is 2.23. The molecule has 0 atom stereocenters. The molecule has 4 nitrogen and oxygen atoms in total. The highest BCUT2D eigenvalue weighted by Gasteiger charge is 2.23. The number of nitrogens with two attached hydrogens (primary N) is 1. The predicted molar refractivity (Wildman–Crippen MR) is 73.3 cm³/mol. The first-order valence-electron chi connectivity index (χ1n) is 5.82. The summed E-state index contributed by atoms with van der Waals surface area (Å²) in [6.07, 6.45) is 0.430. The fraction of sp³-hybridized carbons (Fsp3) is 0.538. The molecule has 1 aromatic carbocycles. The van der Waals surface area contributed by atoms with Gasteiger partial charge in [0.2, 0.25) is 0 Å². The summed E-state index contributed by atoms with van der Waals surface area (Å²) in [5.74, 6) is 0.0289. The van der Waals surface area contributed by atoms with Crippen molar-refractivity contribution in [2.45, 2.75) is 37.7 Å². The van der Waals surface area contributed by atoms with E-state index in [2.05, 4.69) is 0 Å². The zero-order valence-electron chi connectivity index (χ0n) is 11.4. The lowest BCUT2D eigenvalue weighted by atomic mass is 10.1. The number of methoxy groups -OCH3 is 1. The fourth-order valence-electron chi connectivity index (χ4n) is 1.54. The van der Waals surface area contributed by atoms with Gasteiger partial charge in [-0.25, -0.2) is 8.42 Å². The van der Waals surface area contributed by atoms with E-state index in [-0.39, 0.29) is 10.6 Å². The molecule has 0 radical (unpaired) electrons. The zero-order chi connectivity index (χ0) is 14.0. The molecule has 0 amide bonds. The largest absolute Gasteiger partial charge is 0.398 e. The van der Waals surface area contributed by atoms with Crippen LogP contribution in [0.3, 0.4) is 0 Å². The number of rotatable bonds is 5. The molecule has 0 bridgehead atoms. The predicted octanol–water partition coefficient (Wildman–Crippen LogP) is 2.17. The van der Waals surface area contributed by atoms with E-state index in [1.54, 1.807) is 25.3 Å². The van der Waals surface area contributed by atoms with Crippen molar-refractivity contribution in [3.8, 4) is 0 Å².